The molecule has 3 heteroatoms. The standard InChI is InChI=1S/C32H20S3/c1-3-7-23-19-25(11-9-21(23)5-1)27-13-15-29(33-27)31-17-18-32(35-31)30-16-14-28(34-30)26-12-10-22-6-2-4-8-24(22)20-26/h1-20H. The highest BCUT2D eigenvalue weighted by atomic mass is 32.1. The maximum Gasteiger partial charge on any atom is 0.0449 e. The predicted octanol–water partition coefficient (Wildman–Crippen LogP) is 10.8. The van der Waals surface area contributed by atoms with Crippen molar-refractivity contribution in [3.8, 4) is 40.4 Å². The van der Waals surface area contributed by atoms with E-state index in [0.717, 1.165) is 0 Å². The SMILES string of the molecule is c1ccc2cc(-c3ccc(-c4ccc(-c5ccc(-c6ccc7ccccc7c6)s5)s4)s3)ccc2c1. The van der Waals surface area contributed by atoms with Crippen LogP contribution < -0.4 is 0 Å². The monoisotopic (exact) mass is 500 g/mol. The van der Waals surface area contributed by atoms with E-state index < -0.39 is 0 Å². The van der Waals surface area contributed by atoms with Crippen molar-refractivity contribution >= 4 is 55.6 Å². The first-order chi connectivity index (χ1) is 17.3. The minimum Gasteiger partial charge on any atom is -0.134 e. The smallest absolute Gasteiger partial charge is 0.0449 e. The summed E-state index contributed by atoms with van der Waals surface area (Å²) in [4.78, 5) is 7.95. The number of fused-ring (bicyclic) bond motifs is 2. The largest absolute Gasteiger partial charge is 0.134 e. The van der Waals surface area contributed by atoms with E-state index in [0.29, 0.717) is 0 Å². The Labute approximate surface area is 216 Å². The molecule has 0 aliphatic carbocycles. The molecule has 0 radical (unpaired) electrons. The fourth-order valence-electron chi connectivity index (χ4n) is 4.54. The van der Waals surface area contributed by atoms with E-state index in [4.69, 9.17) is 0 Å². The van der Waals surface area contributed by atoms with Crippen LogP contribution >= 0.6 is 34.0 Å². The number of hydrogen-bond acceptors (Lipinski definition) is 3. The van der Waals surface area contributed by atoms with Crippen molar-refractivity contribution in [1.82, 2.24) is 0 Å². The van der Waals surface area contributed by atoms with E-state index in [1.165, 1.54) is 61.9 Å². The molecule has 7 aromatic rings. The van der Waals surface area contributed by atoms with Crippen LogP contribution in [-0.2, 0) is 0 Å². The Kier molecular flexibility index (Phi) is 5.13. The van der Waals surface area contributed by atoms with Gasteiger partial charge >= 0.3 is 0 Å². The Bertz CT molecular complexity index is 1680. The number of thiophene rings is 3. The zero-order chi connectivity index (χ0) is 23.2. The lowest BCUT2D eigenvalue weighted by atomic mass is 10.1. The van der Waals surface area contributed by atoms with Gasteiger partial charge < -0.3 is 0 Å². The van der Waals surface area contributed by atoms with Crippen LogP contribution in [0.4, 0.5) is 0 Å². The summed E-state index contributed by atoms with van der Waals surface area (Å²) in [5.74, 6) is 0. The molecular formula is C32H20S3. The number of rotatable bonds is 4. The van der Waals surface area contributed by atoms with Crippen LogP contribution in [0.1, 0.15) is 0 Å². The van der Waals surface area contributed by atoms with Crippen molar-refractivity contribution in [1.29, 1.82) is 0 Å². The van der Waals surface area contributed by atoms with Gasteiger partial charge in [0, 0.05) is 29.3 Å². The zero-order valence-electron chi connectivity index (χ0n) is 18.8. The third kappa shape index (κ3) is 3.92. The Morgan fingerprint density at radius 2 is 0.629 bits per heavy atom. The zero-order valence-corrected chi connectivity index (χ0v) is 21.2. The molecule has 0 unspecified atom stereocenters. The summed E-state index contributed by atoms with van der Waals surface area (Å²) in [7, 11) is 0. The van der Waals surface area contributed by atoms with Crippen molar-refractivity contribution in [2.75, 3.05) is 0 Å². The molecule has 35 heavy (non-hydrogen) atoms. The molecular weight excluding hydrogens is 481 g/mol. The van der Waals surface area contributed by atoms with Gasteiger partial charge in [0.25, 0.3) is 0 Å². The second-order valence-corrected chi connectivity index (χ2v) is 11.9. The maximum atomic E-state index is 2.30. The fraction of sp³-hybridized carbons (Fsp3) is 0. The molecule has 3 aromatic heterocycles. The summed E-state index contributed by atoms with van der Waals surface area (Å²) in [5, 5.41) is 5.15. The van der Waals surface area contributed by atoms with E-state index in [2.05, 4.69) is 121 Å². The third-order valence-corrected chi connectivity index (χ3v) is 10.1. The van der Waals surface area contributed by atoms with Crippen molar-refractivity contribution in [3.05, 3.63) is 121 Å². The summed E-state index contributed by atoms with van der Waals surface area (Å²) in [6.45, 7) is 0. The first kappa shape index (κ1) is 20.8. The highest BCUT2D eigenvalue weighted by molar-refractivity contribution is 7.27. The molecule has 0 saturated carbocycles. The van der Waals surface area contributed by atoms with Gasteiger partial charge in [0.05, 0.1) is 0 Å². The molecule has 0 aliphatic rings. The second kappa shape index (κ2) is 8.62. The van der Waals surface area contributed by atoms with E-state index in [1.807, 2.05) is 34.0 Å². The Balaban J connectivity index is 1.16. The quantitative estimate of drug-likeness (QED) is 0.225. The van der Waals surface area contributed by atoms with E-state index in [-0.39, 0.29) is 0 Å². The molecule has 3 heterocycles. The molecule has 166 valence electrons. The van der Waals surface area contributed by atoms with Gasteiger partial charge in [-0.15, -0.1) is 34.0 Å². The second-order valence-electron chi connectivity index (χ2n) is 8.62. The average Bonchev–Trinajstić information content (AvgIpc) is 3.68. The lowest BCUT2D eigenvalue weighted by Crippen LogP contribution is -1.74. The van der Waals surface area contributed by atoms with Crippen molar-refractivity contribution in [3.63, 3.8) is 0 Å². The number of hydrogen-bond donors (Lipinski definition) is 0. The van der Waals surface area contributed by atoms with E-state index in [1.54, 1.807) is 0 Å². The Morgan fingerprint density at radius 3 is 1.06 bits per heavy atom. The predicted molar refractivity (Wildman–Crippen MR) is 157 cm³/mol. The lowest BCUT2D eigenvalue weighted by Gasteiger charge is -2.01. The van der Waals surface area contributed by atoms with Crippen molar-refractivity contribution in [2.24, 2.45) is 0 Å². The summed E-state index contributed by atoms with van der Waals surface area (Å²) < 4.78 is 0. The fourth-order valence-corrected chi connectivity index (χ4v) is 7.73. The van der Waals surface area contributed by atoms with Gasteiger partial charge in [0.2, 0.25) is 0 Å². The average molecular weight is 501 g/mol. The molecule has 4 aromatic carbocycles. The minimum atomic E-state index is 1.29. The van der Waals surface area contributed by atoms with Crippen LogP contribution in [0, 0.1) is 0 Å². The highest BCUT2D eigenvalue weighted by Gasteiger charge is 2.12. The van der Waals surface area contributed by atoms with Crippen LogP contribution in [0.3, 0.4) is 0 Å². The Hall–Kier alpha value is -3.50. The first-order valence-electron chi connectivity index (χ1n) is 11.6. The molecule has 0 N–H and O–H groups in total. The van der Waals surface area contributed by atoms with Gasteiger partial charge in [0.15, 0.2) is 0 Å². The molecule has 0 bridgehead atoms. The normalized spacial score (nSPS) is 11.4. The van der Waals surface area contributed by atoms with Gasteiger partial charge in [-0.1, -0.05) is 72.8 Å². The van der Waals surface area contributed by atoms with Crippen LogP contribution in [0.25, 0.3) is 61.9 Å². The molecule has 7 rings (SSSR count). The van der Waals surface area contributed by atoms with Gasteiger partial charge in [-0.25, -0.2) is 0 Å². The van der Waals surface area contributed by atoms with Gasteiger partial charge in [-0.05, 0) is 81.2 Å². The van der Waals surface area contributed by atoms with E-state index in [9.17, 15) is 0 Å². The van der Waals surface area contributed by atoms with Gasteiger partial charge in [0.1, 0.15) is 0 Å². The summed E-state index contributed by atoms with van der Waals surface area (Å²) in [5.41, 5.74) is 2.57. The molecule has 0 nitrogen and oxygen atoms in total. The maximum absolute atomic E-state index is 2.30. The highest BCUT2D eigenvalue weighted by Crippen LogP contribution is 2.43. The first-order valence-corrected chi connectivity index (χ1v) is 14.0. The van der Waals surface area contributed by atoms with Crippen LogP contribution in [-0.4, -0.2) is 0 Å². The van der Waals surface area contributed by atoms with Crippen molar-refractivity contribution < 1.29 is 0 Å². The summed E-state index contributed by atoms with van der Waals surface area (Å²) in [6.07, 6.45) is 0. The number of benzene rings is 4. The van der Waals surface area contributed by atoms with Gasteiger partial charge in [-0.2, -0.15) is 0 Å². The molecule has 0 atom stereocenters. The molecule has 0 saturated heterocycles. The Morgan fingerprint density at radius 1 is 0.286 bits per heavy atom. The molecule has 0 amide bonds. The lowest BCUT2D eigenvalue weighted by molar-refractivity contribution is 1.73. The molecule has 0 aliphatic heterocycles. The third-order valence-electron chi connectivity index (χ3n) is 6.37. The summed E-state index contributed by atoms with van der Waals surface area (Å²) >= 11 is 5.63. The van der Waals surface area contributed by atoms with Gasteiger partial charge in [-0.3, -0.25) is 0 Å². The summed E-state index contributed by atoms with van der Waals surface area (Å²) in [6, 6.07) is 44.2. The van der Waals surface area contributed by atoms with E-state index >= 15 is 0 Å². The van der Waals surface area contributed by atoms with Crippen LogP contribution in [0.5, 0.6) is 0 Å². The molecule has 0 fully saturated rings. The topological polar surface area (TPSA) is 0 Å². The molecule has 0 spiro atoms. The minimum absolute atomic E-state index is 1.29. The van der Waals surface area contributed by atoms with Crippen molar-refractivity contribution in [2.45, 2.75) is 0 Å². The van der Waals surface area contributed by atoms with Crippen LogP contribution in [0.2, 0.25) is 0 Å². The van der Waals surface area contributed by atoms with Crippen LogP contribution in [0.15, 0.2) is 121 Å².